The van der Waals surface area contributed by atoms with E-state index in [1.165, 1.54) is 30.9 Å². The Labute approximate surface area is 154 Å². The molecule has 0 heterocycles. The molecule has 0 aromatic heterocycles. The van der Waals surface area contributed by atoms with Crippen LogP contribution in [0.4, 0.5) is 0 Å². The molecule has 0 spiro atoms. The number of halogens is 1. The molecule has 0 atom stereocenters. The van der Waals surface area contributed by atoms with Crippen molar-refractivity contribution >= 4 is 21.6 Å². The van der Waals surface area contributed by atoms with Gasteiger partial charge in [0.1, 0.15) is 18.1 Å². The maximum Gasteiger partial charge on any atom is 0.240 e. The topological polar surface area (TPSA) is 64.6 Å². The van der Waals surface area contributed by atoms with Gasteiger partial charge in [-0.3, -0.25) is 0 Å². The van der Waals surface area contributed by atoms with Gasteiger partial charge in [-0.15, -0.1) is 0 Å². The molecule has 0 saturated heterocycles. The average Bonchev–Trinajstić information content (AvgIpc) is 2.60. The molecule has 2 aromatic rings. The van der Waals surface area contributed by atoms with Crippen LogP contribution in [0.3, 0.4) is 0 Å². The van der Waals surface area contributed by atoms with E-state index in [2.05, 4.69) is 11.6 Å². The summed E-state index contributed by atoms with van der Waals surface area (Å²) in [6, 6.07) is 12.1. The summed E-state index contributed by atoms with van der Waals surface area (Å²) in [4.78, 5) is 0.0854. The first-order chi connectivity index (χ1) is 12.0. The van der Waals surface area contributed by atoms with Gasteiger partial charge in [-0.05, 0) is 42.3 Å². The largest absolute Gasteiger partial charge is 0.495 e. The summed E-state index contributed by atoms with van der Waals surface area (Å²) in [6.07, 6.45) is 2.13. The van der Waals surface area contributed by atoms with E-state index in [9.17, 15) is 8.42 Å². The van der Waals surface area contributed by atoms with Gasteiger partial charge in [0.05, 0.1) is 17.0 Å². The van der Waals surface area contributed by atoms with Gasteiger partial charge >= 0.3 is 0 Å². The van der Waals surface area contributed by atoms with Crippen LogP contribution in [-0.4, -0.2) is 28.7 Å². The number of nitrogens with one attached hydrogen (secondary N) is 1. The van der Waals surface area contributed by atoms with E-state index in [1.807, 2.05) is 24.3 Å². The van der Waals surface area contributed by atoms with Crippen LogP contribution < -0.4 is 14.2 Å². The van der Waals surface area contributed by atoms with Crippen LogP contribution in [-0.2, 0) is 16.4 Å². The summed E-state index contributed by atoms with van der Waals surface area (Å²) < 4.78 is 37.6. The van der Waals surface area contributed by atoms with Crippen molar-refractivity contribution < 1.29 is 17.9 Å². The second-order valence-corrected chi connectivity index (χ2v) is 7.61. The van der Waals surface area contributed by atoms with E-state index >= 15 is 0 Å². The lowest BCUT2D eigenvalue weighted by molar-refractivity contribution is 0.322. The van der Waals surface area contributed by atoms with E-state index in [1.54, 1.807) is 0 Å². The van der Waals surface area contributed by atoms with Crippen LogP contribution in [0.15, 0.2) is 47.4 Å². The van der Waals surface area contributed by atoms with Crippen molar-refractivity contribution in [2.24, 2.45) is 0 Å². The van der Waals surface area contributed by atoms with Crippen molar-refractivity contribution in [3.05, 3.63) is 53.1 Å². The Bertz CT molecular complexity index is 791. The fourth-order valence-corrected chi connectivity index (χ4v) is 3.64. The number of hydrogen-bond donors (Lipinski definition) is 1. The smallest absolute Gasteiger partial charge is 0.240 e. The van der Waals surface area contributed by atoms with E-state index in [-0.39, 0.29) is 23.1 Å². The number of rotatable bonds is 9. The molecule has 0 aliphatic rings. The van der Waals surface area contributed by atoms with Gasteiger partial charge in [-0.25, -0.2) is 13.1 Å². The summed E-state index contributed by atoms with van der Waals surface area (Å²) in [5, 5.41) is 0.244. The number of benzene rings is 2. The van der Waals surface area contributed by atoms with Crippen LogP contribution in [0.5, 0.6) is 11.5 Å². The molecule has 7 heteroatoms. The number of hydrogen-bond acceptors (Lipinski definition) is 4. The molecule has 2 rings (SSSR count). The van der Waals surface area contributed by atoms with Crippen molar-refractivity contribution in [2.45, 2.75) is 24.7 Å². The molecule has 0 unspecified atom stereocenters. The van der Waals surface area contributed by atoms with E-state index in [4.69, 9.17) is 21.1 Å². The fourth-order valence-electron chi connectivity index (χ4n) is 2.28. The molecule has 0 aliphatic carbocycles. The first kappa shape index (κ1) is 19.6. The molecule has 0 bridgehead atoms. The molecule has 1 N–H and O–H groups in total. The predicted octanol–water partition coefficient (Wildman–Crippen LogP) is 3.66. The van der Waals surface area contributed by atoms with Gasteiger partial charge < -0.3 is 9.47 Å². The summed E-state index contributed by atoms with van der Waals surface area (Å²) in [7, 11) is -2.17. The minimum atomic E-state index is -3.65. The highest BCUT2D eigenvalue weighted by molar-refractivity contribution is 7.89. The molecule has 5 nitrogen and oxygen atoms in total. The van der Waals surface area contributed by atoms with Gasteiger partial charge in [-0.2, -0.15) is 0 Å². The third kappa shape index (κ3) is 5.63. The van der Waals surface area contributed by atoms with Gasteiger partial charge in [-0.1, -0.05) is 37.1 Å². The highest BCUT2D eigenvalue weighted by Gasteiger charge is 2.15. The highest BCUT2D eigenvalue weighted by Crippen LogP contribution is 2.26. The summed E-state index contributed by atoms with van der Waals surface area (Å²) >= 11 is 5.97. The van der Waals surface area contributed by atoms with Crippen LogP contribution in [0, 0.1) is 0 Å². The quantitative estimate of drug-likeness (QED) is 0.671. The average molecular weight is 384 g/mol. The SMILES string of the molecule is CCCc1ccc(OCCNS(=O)(=O)c2ccc(OC)c(Cl)c2)cc1. The summed E-state index contributed by atoms with van der Waals surface area (Å²) in [6.45, 7) is 2.52. The number of methoxy groups -OCH3 is 1. The Morgan fingerprint density at radius 1 is 1.12 bits per heavy atom. The molecule has 2 aromatic carbocycles. The van der Waals surface area contributed by atoms with Crippen LogP contribution in [0.25, 0.3) is 0 Å². The third-order valence-electron chi connectivity index (χ3n) is 3.56. The Kier molecular flexibility index (Phi) is 7.11. The van der Waals surface area contributed by atoms with E-state index in [0.717, 1.165) is 12.8 Å². The maximum atomic E-state index is 12.2. The Balaban J connectivity index is 1.86. The molecular weight excluding hydrogens is 362 g/mol. The van der Waals surface area contributed by atoms with Crippen LogP contribution >= 0.6 is 11.6 Å². The third-order valence-corrected chi connectivity index (χ3v) is 5.31. The first-order valence-corrected chi connectivity index (χ1v) is 9.87. The second-order valence-electron chi connectivity index (χ2n) is 5.44. The monoisotopic (exact) mass is 383 g/mol. The number of aryl methyl sites for hydroxylation is 1. The Morgan fingerprint density at radius 2 is 1.84 bits per heavy atom. The lowest BCUT2D eigenvalue weighted by Gasteiger charge is -2.10. The molecule has 0 radical (unpaired) electrons. The molecule has 0 amide bonds. The van der Waals surface area contributed by atoms with E-state index in [0.29, 0.717) is 11.5 Å². The van der Waals surface area contributed by atoms with Gasteiger partial charge in [0, 0.05) is 6.54 Å². The predicted molar refractivity (Wildman–Crippen MR) is 99.1 cm³/mol. The molecular formula is C18H22ClNO4S. The molecule has 25 heavy (non-hydrogen) atoms. The van der Waals surface area contributed by atoms with Crippen molar-refractivity contribution in [1.29, 1.82) is 0 Å². The van der Waals surface area contributed by atoms with Crippen molar-refractivity contribution in [3.63, 3.8) is 0 Å². The zero-order valence-corrected chi connectivity index (χ0v) is 15.9. The number of ether oxygens (including phenoxy) is 2. The lowest BCUT2D eigenvalue weighted by Crippen LogP contribution is -2.28. The number of sulfonamides is 1. The summed E-state index contributed by atoms with van der Waals surface area (Å²) in [5.41, 5.74) is 1.26. The van der Waals surface area contributed by atoms with Gasteiger partial charge in [0.25, 0.3) is 0 Å². The zero-order chi connectivity index (χ0) is 18.3. The zero-order valence-electron chi connectivity index (χ0n) is 14.3. The minimum absolute atomic E-state index is 0.0854. The molecule has 136 valence electrons. The molecule has 0 saturated carbocycles. The van der Waals surface area contributed by atoms with Crippen LogP contribution in [0.2, 0.25) is 5.02 Å². The Hall–Kier alpha value is -1.76. The minimum Gasteiger partial charge on any atom is -0.495 e. The first-order valence-electron chi connectivity index (χ1n) is 8.01. The van der Waals surface area contributed by atoms with Gasteiger partial charge in [0.15, 0.2) is 0 Å². The maximum absolute atomic E-state index is 12.2. The standard InChI is InChI=1S/C18H22ClNO4S/c1-3-4-14-5-7-15(8-6-14)24-12-11-20-25(21,22)16-9-10-18(23-2)17(19)13-16/h5-10,13,20H,3-4,11-12H2,1-2H3. The van der Waals surface area contributed by atoms with Crippen molar-refractivity contribution in [3.8, 4) is 11.5 Å². The Morgan fingerprint density at radius 3 is 2.44 bits per heavy atom. The van der Waals surface area contributed by atoms with Crippen molar-refractivity contribution in [1.82, 2.24) is 4.72 Å². The normalized spacial score (nSPS) is 11.3. The highest BCUT2D eigenvalue weighted by atomic mass is 35.5. The fraction of sp³-hybridized carbons (Fsp3) is 0.333. The second kappa shape index (κ2) is 9.08. The van der Waals surface area contributed by atoms with Crippen molar-refractivity contribution in [2.75, 3.05) is 20.3 Å². The molecule has 0 aliphatic heterocycles. The lowest BCUT2D eigenvalue weighted by atomic mass is 10.1. The van der Waals surface area contributed by atoms with Gasteiger partial charge in [0.2, 0.25) is 10.0 Å². The van der Waals surface area contributed by atoms with Crippen LogP contribution in [0.1, 0.15) is 18.9 Å². The van der Waals surface area contributed by atoms with E-state index < -0.39 is 10.0 Å². The summed E-state index contributed by atoms with van der Waals surface area (Å²) in [5.74, 6) is 1.14. The molecule has 0 fully saturated rings.